The average molecular weight is 257 g/mol. The zero-order chi connectivity index (χ0) is 13.8. The van der Waals surface area contributed by atoms with Gasteiger partial charge >= 0.3 is 0 Å². The molecule has 1 aromatic heterocycles. The molecule has 19 heavy (non-hydrogen) atoms. The van der Waals surface area contributed by atoms with Gasteiger partial charge in [0.05, 0.1) is 6.04 Å². The van der Waals surface area contributed by atoms with Crippen LogP contribution < -0.4 is 5.32 Å². The van der Waals surface area contributed by atoms with Crippen LogP contribution >= 0.6 is 0 Å². The molecule has 0 radical (unpaired) electrons. The predicted molar refractivity (Wildman–Crippen MR) is 76.1 cm³/mol. The van der Waals surface area contributed by atoms with Crippen molar-refractivity contribution in [3.8, 4) is 0 Å². The Bertz CT molecular complexity index is 561. The van der Waals surface area contributed by atoms with Crippen LogP contribution in [0, 0.1) is 13.8 Å². The van der Waals surface area contributed by atoms with Gasteiger partial charge in [-0.15, -0.1) is 0 Å². The van der Waals surface area contributed by atoms with Crippen molar-refractivity contribution in [2.24, 2.45) is 0 Å². The minimum Gasteiger partial charge on any atom is -0.326 e. The van der Waals surface area contributed by atoms with Crippen molar-refractivity contribution in [3.05, 3.63) is 47.8 Å². The van der Waals surface area contributed by atoms with E-state index in [1.165, 1.54) is 5.56 Å². The second-order valence-corrected chi connectivity index (χ2v) is 4.83. The topological polar surface area (TPSA) is 46.9 Å². The van der Waals surface area contributed by atoms with E-state index in [9.17, 15) is 4.79 Å². The maximum absolute atomic E-state index is 12.0. The minimum atomic E-state index is 0.0108. The number of nitrogens with zero attached hydrogens (tertiary/aromatic N) is 2. The number of aryl methyl sites for hydroxylation is 1. The van der Waals surface area contributed by atoms with E-state index in [-0.39, 0.29) is 11.9 Å². The van der Waals surface area contributed by atoms with E-state index in [1.54, 1.807) is 10.9 Å². The average Bonchev–Trinajstić information content (AvgIpc) is 2.88. The van der Waals surface area contributed by atoms with E-state index >= 15 is 0 Å². The Morgan fingerprint density at radius 1 is 1.37 bits per heavy atom. The molecule has 1 amide bonds. The van der Waals surface area contributed by atoms with Crippen LogP contribution in [0.2, 0.25) is 0 Å². The van der Waals surface area contributed by atoms with Crippen LogP contribution in [0.25, 0.3) is 0 Å². The molecule has 100 valence electrons. The Balaban J connectivity index is 2.00. The Hall–Kier alpha value is -2.10. The van der Waals surface area contributed by atoms with Crippen LogP contribution in [0.5, 0.6) is 0 Å². The monoisotopic (exact) mass is 257 g/mol. The number of hydrogen-bond donors (Lipinski definition) is 1. The molecular formula is C15H19N3O. The third kappa shape index (κ3) is 3.22. The zero-order valence-corrected chi connectivity index (χ0v) is 11.6. The van der Waals surface area contributed by atoms with Gasteiger partial charge in [-0.2, -0.15) is 5.10 Å². The van der Waals surface area contributed by atoms with E-state index in [1.807, 2.05) is 51.2 Å². The normalized spacial score (nSPS) is 12.2. The maximum Gasteiger partial charge on any atom is 0.226 e. The van der Waals surface area contributed by atoms with Crippen molar-refractivity contribution in [3.63, 3.8) is 0 Å². The lowest BCUT2D eigenvalue weighted by Gasteiger charge is -2.14. The molecule has 0 fully saturated rings. The molecule has 0 unspecified atom stereocenters. The summed E-state index contributed by atoms with van der Waals surface area (Å²) < 4.78 is 1.79. The third-order valence-electron chi connectivity index (χ3n) is 3.34. The Kier molecular flexibility index (Phi) is 4.00. The van der Waals surface area contributed by atoms with Crippen LogP contribution in [0.3, 0.4) is 0 Å². The van der Waals surface area contributed by atoms with Crippen molar-refractivity contribution in [1.82, 2.24) is 9.78 Å². The highest BCUT2D eigenvalue weighted by Gasteiger charge is 2.12. The number of carbonyl (C=O) groups excluding carboxylic acids is 1. The zero-order valence-electron chi connectivity index (χ0n) is 11.6. The molecule has 0 bridgehead atoms. The molecule has 0 spiro atoms. The maximum atomic E-state index is 12.0. The predicted octanol–water partition coefficient (Wildman–Crippen LogP) is 3.09. The molecule has 2 aromatic rings. The van der Waals surface area contributed by atoms with E-state index in [0.29, 0.717) is 6.42 Å². The summed E-state index contributed by atoms with van der Waals surface area (Å²) in [5, 5.41) is 7.11. The van der Waals surface area contributed by atoms with Crippen molar-refractivity contribution in [2.75, 3.05) is 5.32 Å². The summed E-state index contributed by atoms with van der Waals surface area (Å²) in [7, 11) is 0. The third-order valence-corrected chi connectivity index (χ3v) is 3.34. The highest BCUT2D eigenvalue weighted by molar-refractivity contribution is 5.91. The first-order valence-corrected chi connectivity index (χ1v) is 6.43. The van der Waals surface area contributed by atoms with Crippen LogP contribution in [-0.2, 0) is 4.79 Å². The van der Waals surface area contributed by atoms with Gasteiger partial charge in [0.25, 0.3) is 0 Å². The second-order valence-electron chi connectivity index (χ2n) is 4.83. The van der Waals surface area contributed by atoms with Crippen LogP contribution in [-0.4, -0.2) is 15.7 Å². The number of nitrogens with one attached hydrogen (secondary N) is 1. The van der Waals surface area contributed by atoms with Crippen molar-refractivity contribution in [2.45, 2.75) is 33.2 Å². The van der Waals surface area contributed by atoms with Gasteiger partial charge in [-0.05, 0) is 44.0 Å². The number of amides is 1. The largest absolute Gasteiger partial charge is 0.326 e. The van der Waals surface area contributed by atoms with Gasteiger partial charge in [-0.3, -0.25) is 9.48 Å². The van der Waals surface area contributed by atoms with E-state index in [4.69, 9.17) is 0 Å². The molecular weight excluding hydrogens is 238 g/mol. The van der Waals surface area contributed by atoms with E-state index in [0.717, 1.165) is 11.3 Å². The number of aromatic nitrogens is 2. The molecule has 0 aliphatic carbocycles. The summed E-state index contributed by atoms with van der Waals surface area (Å²) in [5.74, 6) is 0.0108. The number of rotatable bonds is 4. The number of carbonyl (C=O) groups is 1. The molecule has 0 aliphatic heterocycles. The highest BCUT2D eigenvalue weighted by Crippen LogP contribution is 2.19. The minimum absolute atomic E-state index is 0.0108. The number of benzene rings is 1. The van der Waals surface area contributed by atoms with Crippen molar-refractivity contribution in [1.29, 1.82) is 0 Å². The summed E-state index contributed by atoms with van der Waals surface area (Å²) in [6.07, 6.45) is 4.00. The molecule has 4 heteroatoms. The fourth-order valence-corrected chi connectivity index (χ4v) is 1.99. The first-order chi connectivity index (χ1) is 9.08. The van der Waals surface area contributed by atoms with Crippen LogP contribution in [0.1, 0.15) is 30.5 Å². The standard InChI is InChI=1S/C15H19N3O/c1-11-6-4-7-14(13(11)3)17-15(19)10-12(2)18-9-5-8-16-18/h4-9,12H,10H2,1-3H3,(H,17,19)/t12-/m0/s1. The van der Waals surface area contributed by atoms with Gasteiger partial charge in [0, 0.05) is 24.5 Å². The van der Waals surface area contributed by atoms with Gasteiger partial charge in [0.2, 0.25) is 5.91 Å². The molecule has 0 aliphatic rings. The molecule has 0 saturated carbocycles. The molecule has 4 nitrogen and oxygen atoms in total. The van der Waals surface area contributed by atoms with Gasteiger partial charge in [0.1, 0.15) is 0 Å². The quantitative estimate of drug-likeness (QED) is 0.915. The number of hydrogen-bond acceptors (Lipinski definition) is 2. The molecule has 1 atom stereocenters. The van der Waals surface area contributed by atoms with Gasteiger partial charge in [-0.1, -0.05) is 12.1 Å². The summed E-state index contributed by atoms with van der Waals surface area (Å²) in [6, 6.07) is 7.84. The first-order valence-electron chi connectivity index (χ1n) is 6.43. The fourth-order valence-electron chi connectivity index (χ4n) is 1.99. The molecule has 1 N–H and O–H groups in total. The van der Waals surface area contributed by atoms with Crippen molar-refractivity contribution >= 4 is 11.6 Å². The second kappa shape index (κ2) is 5.69. The lowest BCUT2D eigenvalue weighted by atomic mass is 10.1. The lowest BCUT2D eigenvalue weighted by Crippen LogP contribution is -2.18. The SMILES string of the molecule is Cc1cccc(NC(=O)C[C@H](C)n2cccn2)c1C. The van der Waals surface area contributed by atoms with Crippen molar-refractivity contribution < 1.29 is 4.79 Å². The first kappa shape index (κ1) is 13.3. The van der Waals surface area contributed by atoms with Gasteiger partial charge in [-0.25, -0.2) is 0 Å². The van der Waals surface area contributed by atoms with E-state index < -0.39 is 0 Å². The van der Waals surface area contributed by atoms with Crippen LogP contribution in [0.15, 0.2) is 36.7 Å². The highest BCUT2D eigenvalue weighted by atomic mass is 16.1. The van der Waals surface area contributed by atoms with Crippen LogP contribution in [0.4, 0.5) is 5.69 Å². The summed E-state index contributed by atoms with van der Waals surface area (Å²) in [6.45, 7) is 6.04. The smallest absolute Gasteiger partial charge is 0.226 e. The fraction of sp³-hybridized carbons (Fsp3) is 0.333. The summed E-state index contributed by atoms with van der Waals surface area (Å²) >= 11 is 0. The summed E-state index contributed by atoms with van der Waals surface area (Å²) in [4.78, 5) is 12.0. The molecule has 1 heterocycles. The Morgan fingerprint density at radius 3 is 2.84 bits per heavy atom. The molecule has 0 saturated heterocycles. The molecule has 1 aromatic carbocycles. The lowest BCUT2D eigenvalue weighted by molar-refractivity contribution is -0.116. The summed E-state index contributed by atoms with van der Waals surface area (Å²) in [5.41, 5.74) is 3.18. The van der Waals surface area contributed by atoms with Gasteiger partial charge in [0.15, 0.2) is 0 Å². The Labute approximate surface area is 113 Å². The number of anilines is 1. The Morgan fingerprint density at radius 2 is 2.16 bits per heavy atom. The molecule has 2 rings (SSSR count). The van der Waals surface area contributed by atoms with E-state index in [2.05, 4.69) is 10.4 Å². The van der Waals surface area contributed by atoms with Gasteiger partial charge < -0.3 is 5.32 Å².